The molecule has 0 unspecified atom stereocenters. The van der Waals surface area contributed by atoms with Crippen LogP contribution in [0.1, 0.15) is 60.9 Å². The van der Waals surface area contributed by atoms with Gasteiger partial charge in [-0.25, -0.2) is 0 Å². The topological polar surface area (TPSA) is 55.1 Å². The third kappa shape index (κ3) is 4.34. The minimum Gasteiger partial charge on any atom is -0.398 e. The summed E-state index contributed by atoms with van der Waals surface area (Å²) in [5.74, 6) is 0.179. The molecule has 1 aliphatic carbocycles. The molecular weight excluding hydrogens is 248 g/mol. The summed E-state index contributed by atoms with van der Waals surface area (Å²) in [6.07, 6.45) is 8.43. The van der Waals surface area contributed by atoms with E-state index < -0.39 is 0 Å². The number of ketones is 1. The fraction of sp³-hybridized carbons (Fsp3) is 0.588. The van der Waals surface area contributed by atoms with E-state index in [4.69, 9.17) is 5.73 Å². The van der Waals surface area contributed by atoms with Crippen molar-refractivity contribution in [3.05, 3.63) is 29.3 Å². The van der Waals surface area contributed by atoms with E-state index in [0.29, 0.717) is 18.2 Å². The third-order valence-electron chi connectivity index (χ3n) is 4.24. The molecule has 20 heavy (non-hydrogen) atoms. The van der Waals surface area contributed by atoms with Gasteiger partial charge in [-0.05, 0) is 31.4 Å². The molecule has 3 nitrogen and oxygen atoms in total. The fourth-order valence-corrected chi connectivity index (χ4v) is 2.83. The smallest absolute Gasteiger partial charge is 0.164 e. The molecule has 1 saturated carbocycles. The summed E-state index contributed by atoms with van der Waals surface area (Å²) in [7, 11) is 0. The Labute approximate surface area is 121 Å². The first-order chi connectivity index (χ1) is 9.66. The second-order valence-corrected chi connectivity index (χ2v) is 5.89. The van der Waals surface area contributed by atoms with Gasteiger partial charge in [0.1, 0.15) is 0 Å². The summed E-state index contributed by atoms with van der Waals surface area (Å²) in [6.45, 7) is 2.73. The number of carbonyl (C=O) groups excluding carboxylic acids is 1. The third-order valence-corrected chi connectivity index (χ3v) is 4.24. The molecule has 0 saturated heterocycles. The molecule has 2 rings (SSSR count). The number of hydrogen-bond acceptors (Lipinski definition) is 3. The lowest BCUT2D eigenvalue weighted by molar-refractivity contribution is 0.0981. The van der Waals surface area contributed by atoms with Crippen LogP contribution in [0, 0.1) is 6.92 Å². The van der Waals surface area contributed by atoms with Gasteiger partial charge in [0.25, 0.3) is 0 Å². The lowest BCUT2D eigenvalue weighted by atomic mass is 10.0. The number of anilines is 1. The van der Waals surface area contributed by atoms with Crippen molar-refractivity contribution >= 4 is 11.5 Å². The molecule has 1 aromatic carbocycles. The molecule has 0 atom stereocenters. The van der Waals surface area contributed by atoms with Crippen molar-refractivity contribution in [1.29, 1.82) is 0 Å². The molecule has 0 spiro atoms. The lowest BCUT2D eigenvalue weighted by Crippen LogP contribution is -2.30. The Balaban J connectivity index is 1.78. The number of aryl methyl sites for hydroxylation is 1. The average molecular weight is 274 g/mol. The van der Waals surface area contributed by atoms with Gasteiger partial charge in [-0.3, -0.25) is 4.79 Å². The van der Waals surface area contributed by atoms with Crippen LogP contribution in [-0.2, 0) is 0 Å². The first kappa shape index (κ1) is 15.0. The standard InChI is InChI=1S/C17H26N2O/c1-13-8-9-14(12-16(13)18)17(20)10-11-19-15-6-4-2-3-5-7-15/h8-9,12,15,19H,2-7,10-11,18H2,1H3. The maximum Gasteiger partial charge on any atom is 0.164 e. The normalized spacial score (nSPS) is 16.9. The van der Waals surface area contributed by atoms with Crippen LogP contribution in [0.5, 0.6) is 0 Å². The first-order valence-corrected chi connectivity index (χ1v) is 7.79. The number of Topliss-reactive ketones (excluding diaryl/α,β-unsaturated/α-hetero) is 1. The number of carbonyl (C=O) groups is 1. The van der Waals surface area contributed by atoms with Crippen molar-refractivity contribution < 1.29 is 4.79 Å². The maximum atomic E-state index is 12.1. The average Bonchev–Trinajstić information content (AvgIpc) is 2.70. The Bertz CT molecular complexity index is 448. The van der Waals surface area contributed by atoms with Gasteiger partial charge in [-0.1, -0.05) is 37.8 Å². The van der Waals surface area contributed by atoms with E-state index in [1.807, 2.05) is 19.1 Å². The van der Waals surface area contributed by atoms with Gasteiger partial charge in [0.05, 0.1) is 0 Å². The Morgan fingerprint density at radius 1 is 1.25 bits per heavy atom. The van der Waals surface area contributed by atoms with Crippen LogP contribution >= 0.6 is 0 Å². The number of nitrogens with one attached hydrogen (secondary N) is 1. The van der Waals surface area contributed by atoms with Gasteiger partial charge in [-0.2, -0.15) is 0 Å². The van der Waals surface area contributed by atoms with Crippen molar-refractivity contribution in [2.45, 2.75) is 57.9 Å². The zero-order valence-corrected chi connectivity index (χ0v) is 12.5. The molecule has 1 aromatic rings. The van der Waals surface area contributed by atoms with Crippen LogP contribution in [0.2, 0.25) is 0 Å². The first-order valence-electron chi connectivity index (χ1n) is 7.79. The Kier molecular flexibility index (Phi) is 5.60. The molecule has 0 radical (unpaired) electrons. The largest absolute Gasteiger partial charge is 0.398 e. The summed E-state index contributed by atoms with van der Waals surface area (Å²) in [5, 5.41) is 3.54. The summed E-state index contributed by atoms with van der Waals surface area (Å²) >= 11 is 0. The molecule has 0 heterocycles. The highest BCUT2D eigenvalue weighted by Gasteiger charge is 2.12. The predicted octanol–water partition coefficient (Wildman–Crippen LogP) is 3.46. The second kappa shape index (κ2) is 7.44. The van der Waals surface area contributed by atoms with Crippen LogP contribution in [0.25, 0.3) is 0 Å². The molecule has 0 bridgehead atoms. The van der Waals surface area contributed by atoms with Crippen molar-refractivity contribution in [2.24, 2.45) is 0 Å². The van der Waals surface area contributed by atoms with Crippen LogP contribution in [0.15, 0.2) is 18.2 Å². The number of benzene rings is 1. The van der Waals surface area contributed by atoms with Gasteiger partial charge in [0, 0.05) is 30.3 Å². The van der Waals surface area contributed by atoms with E-state index in [0.717, 1.165) is 17.7 Å². The SMILES string of the molecule is Cc1ccc(C(=O)CCNC2CCCCCC2)cc1N. The molecule has 1 fully saturated rings. The van der Waals surface area contributed by atoms with Gasteiger partial charge in [0.2, 0.25) is 0 Å². The van der Waals surface area contributed by atoms with Crippen molar-refractivity contribution in [2.75, 3.05) is 12.3 Å². The summed E-state index contributed by atoms with van der Waals surface area (Å²) in [4.78, 5) is 12.1. The van der Waals surface area contributed by atoms with Crippen LogP contribution in [0.3, 0.4) is 0 Å². The highest BCUT2D eigenvalue weighted by atomic mass is 16.1. The molecule has 3 N–H and O–H groups in total. The van der Waals surface area contributed by atoms with Crippen LogP contribution in [0.4, 0.5) is 5.69 Å². The van der Waals surface area contributed by atoms with E-state index in [1.165, 1.54) is 38.5 Å². The predicted molar refractivity (Wildman–Crippen MR) is 84.0 cm³/mol. The minimum atomic E-state index is 0.179. The van der Waals surface area contributed by atoms with Gasteiger partial charge >= 0.3 is 0 Å². The highest BCUT2D eigenvalue weighted by molar-refractivity contribution is 5.97. The summed E-state index contributed by atoms with van der Waals surface area (Å²) < 4.78 is 0. The number of nitrogen functional groups attached to an aromatic ring is 1. The fourth-order valence-electron chi connectivity index (χ4n) is 2.83. The minimum absolute atomic E-state index is 0.179. The molecule has 1 aliphatic rings. The van der Waals surface area contributed by atoms with Crippen molar-refractivity contribution in [3.8, 4) is 0 Å². The van der Waals surface area contributed by atoms with Crippen LogP contribution in [-0.4, -0.2) is 18.4 Å². The molecule has 0 amide bonds. The van der Waals surface area contributed by atoms with Crippen molar-refractivity contribution in [1.82, 2.24) is 5.32 Å². The molecule has 110 valence electrons. The second-order valence-electron chi connectivity index (χ2n) is 5.89. The molecular formula is C17H26N2O. The van der Waals surface area contributed by atoms with Crippen molar-refractivity contribution in [3.63, 3.8) is 0 Å². The molecule has 0 aliphatic heterocycles. The Hall–Kier alpha value is -1.35. The summed E-state index contributed by atoms with van der Waals surface area (Å²) in [5.41, 5.74) is 8.31. The van der Waals surface area contributed by atoms with E-state index in [9.17, 15) is 4.79 Å². The quantitative estimate of drug-likeness (QED) is 0.491. The monoisotopic (exact) mass is 274 g/mol. The maximum absolute atomic E-state index is 12.1. The summed E-state index contributed by atoms with van der Waals surface area (Å²) in [6, 6.07) is 6.19. The van der Waals surface area contributed by atoms with E-state index in [2.05, 4.69) is 5.32 Å². The van der Waals surface area contributed by atoms with E-state index >= 15 is 0 Å². The zero-order chi connectivity index (χ0) is 14.4. The molecule has 3 heteroatoms. The van der Waals surface area contributed by atoms with Gasteiger partial charge in [-0.15, -0.1) is 0 Å². The Morgan fingerprint density at radius 3 is 2.60 bits per heavy atom. The van der Waals surface area contributed by atoms with Crippen LogP contribution < -0.4 is 11.1 Å². The van der Waals surface area contributed by atoms with Gasteiger partial charge in [0.15, 0.2) is 5.78 Å². The number of nitrogens with two attached hydrogens (primary N) is 1. The zero-order valence-electron chi connectivity index (χ0n) is 12.5. The molecule has 0 aromatic heterocycles. The van der Waals surface area contributed by atoms with Gasteiger partial charge < -0.3 is 11.1 Å². The van der Waals surface area contributed by atoms with E-state index in [1.54, 1.807) is 6.07 Å². The lowest BCUT2D eigenvalue weighted by Gasteiger charge is -2.15. The van der Waals surface area contributed by atoms with E-state index in [-0.39, 0.29) is 5.78 Å². The number of hydrogen-bond donors (Lipinski definition) is 2. The Morgan fingerprint density at radius 2 is 1.95 bits per heavy atom. The highest BCUT2D eigenvalue weighted by Crippen LogP contribution is 2.17. The number of rotatable bonds is 5.